The van der Waals surface area contributed by atoms with Crippen LogP contribution in [0.5, 0.6) is 17.2 Å². The fourth-order valence-electron chi connectivity index (χ4n) is 2.83. The largest absolute Gasteiger partial charge is 0.493 e. The summed E-state index contributed by atoms with van der Waals surface area (Å²) in [5.74, 6) is 1.70. The molecule has 27 heavy (non-hydrogen) atoms. The number of rotatable bonds is 6. The van der Waals surface area contributed by atoms with Gasteiger partial charge in [-0.1, -0.05) is 24.3 Å². The molecule has 0 aliphatic rings. The Labute approximate surface area is 157 Å². The van der Waals surface area contributed by atoms with Crippen molar-refractivity contribution in [3.63, 3.8) is 0 Å². The van der Waals surface area contributed by atoms with Crippen LogP contribution in [0.3, 0.4) is 0 Å². The van der Waals surface area contributed by atoms with E-state index in [0.717, 1.165) is 22.3 Å². The monoisotopic (exact) mass is 367 g/mol. The van der Waals surface area contributed by atoms with E-state index in [2.05, 4.69) is 9.97 Å². The normalized spacial score (nSPS) is 10.5. The topological polar surface area (TPSA) is 99.7 Å². The van der Waals surface area contributed by atoms with E-state index in [0.29, 0.717) is 22.9 Å². The first-order valence-corrected chi connectivity index (χ1v) is 8.24. The van der Waals surface area contributed by atoms with Gasteiger partial charge in [0.05, 0.1) is 33.6 Å². The number of benzene rings is 2. The second kappa shape index (κ2) is 7.92. The first-order chi connectivity index (χ1) is 13.1. The first-order valence-electron chi connectivity index (χ1n) is 8.24. The molecule has 0 radical (unpaired) electrons. The van der Waals surface area contributed by atoms with Crippen LogP contribution in [0.25, 0.3) is 22.4 Å². The smallest absolute Gasteiger partial charge is 0.220 e. The lowest BCUT2D eigenvalue weighted by atomic mass is 9.99. The maximum absolute atomic E-state index is 9.25. The van der Waals surface area contributed by atoms with Crippen molar-refractivity contribution < 1.29 is 19.3 Å². The zero-order valence-corrected chi connectivity index (χ0v) is 15.4. The summed E-state index contributed by atoms with van der Waals surface area (Å²) in [5.41, 5.74) is 9.75. The van der Waals surface area contributed by atoms with Crippen LogP contribution in [-0.2, 0) is 6.61 Å². The predicted octanol–water partition coefficient (Wildman–Crippen LogP) is 2.91. The molecule has 0 spiro atoms. The predicted molar refractivity (Wildman–Crippen MR) is 103 cm³/mol. The van der Waals surface area contributed by atoms with Crippen molar-refractivity contribution in [3.05, 3.63) is 48.2 Å². The molecule has 0 aliphatic heterocycles. The zero-order chi connectivity index (χ0) is 19.4. The van der Waals surface area contributed by atoms with Gasteiger partial charge in [-0.2, -0.15) is 0 Å². The SMILES string of the molecule is COc1cc(-c2nc(N)ncc2-c2ccc(CO)cc2)cc(OC)c1OC. The molecule has 2 aromatic carbocycles. The molecule has 7 heteroatoms. The summed E-state index contributed by atoms with van der Waals surface area (Å²) in [6.07, 6.45) is 1.68. The molecule has 140 valence electrons. The zero-order valence-electron chi connectivity index (χ0n) is 15.4. The van der Waals surface area contributed by atoms with Crippen LogP contribution in [0.1, 0.15) is 5.56 Å². The van der Waals surface area contributed by atoms with Gasteiger partial charge in [0, 0.05) is 17.3 Å². The summed E-state index contributed by atoms with van der Waals surface area (Å²) in [6, 6.07) is 11.1. The standard InChI is InChI=1S/C20H21N3O4/c1-25-16-8-14(9-17(26-2)19(16)27-3)18-15(10-22-20(21)23-18)13-6-4-12(11-24)5-7-13/h4-10,24H,11H2,1-3H3,(H2,21,22,23). The van der Waals surface area contributed by atoms with Gasteiger partial charge in [-0.15, -0.1) is 0 Å². The minimum absolute atomic E-state index is 0.0156. The molecule has 1 aromatic heterocycles. The Balaban J connectivity index is 2.20. The summed E-state index contributed by atoms with van der Waals surface area (Å²) >= 11 is 0. The highest BCUT2D eigenvalue weighted by Crippen LogP contribution is 2.42. The molecule has 0 unspecified atom stereocenters. The maximum Gasteiger partial charge on any atom is 0.220 e. The van der Waals surface area contributed by atoms with Gasteiger partial charge in [-0.3, -0.25) is 0 Å². The number of aliphatic hydroxyl groups is 1. The third kappa shape index (κ3) is 3.63. The van der Waals surface area contributed by atoms with Crippen molar-refractivity contribution >= 4 is 5.95 Å². The number of aromatic nitrogens is 2. The first kappa shape index (κ1) is 18.5. The van der Waals surface area contributed by atoms with Crippen LogP contribution >= 0.6 is 0 Å². The molecule has 0 fully saturated rings. The molecular weight excluding hydrogens is 346 g/mol. The Morgan fingerprint density at radius 1 is 0.926 bits per heavy atom. The second-order valence-electron chi connectivity index (χ2n) is 5.76. The number of nitrogen functional groups attached to an aromatic ring is 1. The van der Waals surface area contributed by atoms with E-state index in [4.69, 9.17) is 19.9 Å². The van der Waals surface area contributed by atoms with E-state index in [1.165, 1.54) is 0 Å². The third-order valence-corrected chi connectivity index (χ3v) is 4.19. The second-order valence-corrected chi connectivity index (χ2v) is 5.76. The maximum atomic E-state index is 9.25. The molecule has 3 rings (SSSR count). The number of aliphatic hydroxyl groups excluding tert-OH is 1. The molecule has 3 aromatic rings. The molecule has 0 aliphatic carbocycles. The summed E-state index contributed by atoms with van der Waals surface area (Å²) in [6.45, 7) is -0.0156. The van der Waals surface area contributed by atoms with Crippen LogP contribution < -0.4 is 19.9 Å². The lowest BCUT2D eigenvalue weighted by molar-refractivity contribution is 0.282. The van der Waals surface area contributed by atoms with E-state index in [9.17, 15) is 5.11 Å². The molecule has 7 nitrogen and oxygen atoms in total. The van der Waals surface area contributed by atoms with Crippen molar-refractivity contribution in [1.82, 2.24) is 9.97 Å². The Hall–Kier alpha value is -3.32. The van der Waals surface area contributed by atoms with Gasteiger partial charge in [0.25, 0.3) is 0 Å². The fourth-order valence-corrected chi connectivity index (χ4v) is 2.83. The quantitative estimate of drug-likeness (QED) is 0.691. The average molecular weight is 367 g/mol. The molecule has 0 saturated carbocycles. The van der Waals surface area contributed by atoms with Gasteiger partial charge >= 0.3 is 0 Å². The highest BCUT2D eigenvalue weighted by Gasteiger charge is 2.18. The lowest BCUT2D eigenvalue weighted by Crippen LogP contribution is -2.00. The third-order valence-electron chi connectivity index (χ3n) is 4.19. The van der Waals surface area contributed by atoms with E-state index in [1.807, 2.05) is 36.4 Å². The van der Waals surface area contributed by atoms with E-state index in [-0.39, 0.29) is 12.6 Å². The Morgan fingerprint density at radius 3 is 2.07 bits per heavy atom. The van der Waals surface area contributed by atoms with Gasteiger partial charge in [0.15, 0.2) is 11.5 Å². The van der Waals surface area contributed by atoms with Crippen molar-refractivity contribution in [2.75, 3.05) is 27.1 Å². The lowest BCUT2D eigenvalue weighted by Gasteiger charge is -2.15. The Bertz CT molecular complexity index is 917. The number of nitrogens with zero attached hydrogens (tertiary/aromatic N) is 2. The fraction of sp³-hybridized carbons (Fsp3) is 0.200. The van der Waals surface area contributed by atoms with Crippen LogP contribution in [0, 0.1) is 0 Å². The van der Waals surface area contributed by atoms with Gasteiger partial charge in [-0.25, -0.2) is 9.97 Å². The molecule has 0 bridgehead atoms. The number of nitrogens with two attached hydrogens (primary N) is 1. The number of hydrogen-bond acceptors (Lipinski definition) is 7. The minimum atomic E-state index is -0.0156. The summed E-state index contributed by atoms with van der Waals surface area (Å²) in [5, 5.41) is 9.25. The van der Waals surface area contributed by atoms with Crippen molar-refractivity contribution in [1.29, 1.82) is 0 Å². The highest BCUT2D eigenvalue weighted by atomic mass is 16.5. The van der Waals surface area contributed by atoms with Gasteiger partial charge in [-0.05, 0) is 23.3 Å². The number of methoxy groups -OCH3 is 3. The Kier molecular flexibility index (Phi) is 5.42. The molecule has 3 N–H and O–H groups in total. The van der Waals surface area contributed by atoms with Gasteiger partial charge < -0.3 is 25.1 Å². The number of ether oxygens (including phenoxy) is 3. The Morgan fingerprint density at radius 2 is 1.56 bits per heavy atom. The van der Waals surface area contributed by atoms with E-state index < -0.39 is 0 Å². The molecule has 0 amide bonds. The number of hydrogen-bond donors (Lipinski definition) is 2. The summed E-state index contributed by atoms with van der Waals surface area (Å²) in [7, 11) is 4.67. The molecule has 0 atom stereocenters. The summed E-state index contributed by atoms with van der Waals surface area (Å²) < 4.78 is 16.3. The van der Waals surface area contributed by atoms with E-state index >= 15 is 0 Å². The van der Waals surface area contributed by atoms with Crippen LogP contribution in [0.15, 0.2) is 42.6 Å². The van der Waals surface area contributed by atoms with Crippen molar-refractivity contribution in [3.8, 4) is 39.6 Å². The van der Waals surface area contributed by atoms with Crippen LogP contribution in [-0.4, -0.2) is 36.4 Å². The van der Waals surface area contributed by atoms with Gasteiger partial charge in [0.2, 0.25) is 11.7 Å². The van der Waals surface area contributed by atoms with Crippen LogP contribution in [0.2, 0.25) is 0 Å². The van der Waals surface area contributed by atoms with Crippen LogP contribution in [0.4, 0.5) is 5.95 Å². The highest BCUT2D eigenvalue weighted by molar-refractivity contribution is 5.83. The molecular formula is C20H21N3O4. The number of anilines is 1. The van der Waals surface area contributed by atoms with E-state index in [1.54, 1.807) is 27.5 Å². The average Bonchev–Trinajstić information content (AvgIpc) is 2.72. The van der Waals surface area contributed by atoms with Crippen molar-refractivity contribution in [2.24, 2.45) is 0 Å². The molecule has 0 saturated heterocycles. The summed E-state index contributed by atoms with van der Waals surface area (Å²) in [4.78, 5) is 8.57. The minimum Gasteiger partial charge on any atom is -0.493 e. The van der Waals surface area contributed by atoms with Gasteiger partial charge in [0.1, 0.15) is 0 Å². The molecule has 1 heterocycles. The van der Waals surface area contributed by atoms with Crippen molar-refractivity contribution in [2.45, 2.75) is 6.61 Å².